The largest absolute Gasteiger partial charge is 0.354 e. The maximum atomic E-state index is 11.9. The van der Waals surface area contributed by atoms with E-state index >= 15 is 0 Å². The third kappa shape index (κ3) is 3.82. The van der Waals surface area contributed by atoms with Crippen molar-refractivity contribution in [3.05, 3.63) is 54.1 Å². The highest BCUT2D eigenvalue weighted by Gasteiger charge is 2.08. The average molecular weight is 321 g/mol. The number of benzene rings is 2. The van der Waals surface area contributed by atoms with Crippen LogP contribution in [0.1, 0.15) is 32.3 Å². The lowest BCUT2D eigenvalue weighted by Gasteiger charge is -2.11. The number of H-pyrrole nitrogens is 1. The predicted octanol–water partition coefficient (Wildman–Crippen LogP) is 4.08. The fourth-order valence-corrected chi connectivity index (χ4v) is 2.65. The molecule has 0 aliphatic carbocycles. The van der Waals surface area contributed by atoms with Crippen molar-refractivity contribution in [2.45, 2.75) is 39.2 Å². The molecule has 3 rings (SSSR count). The molecule has 0 aliphatic rings. The Morgan fingerprint density at radius 1 is 1.21 bits per heavy atom. The molecular weight excluding hydrogens is 298 g/mol. The van der Waals surface area contributed by atoms with Crippen molar-refractivity contribution in [3.63, 3.8) is 0 Å². The highest BCUT2D eigenvalue weighted by Crippen LogP contribution is 2.21. The van der Waals surface area contributed by atoms with Crippen LogP contribution in [0.5, 0.6) is 0 Å². The van der Waals surface area contributed by atoms with Gasteiger partial charge in [0.2, 0.25) is 5.91 Å². The van der Waals surface area contributed by atoms with E-state index in [9.17, 15) is 4.79 Å². The van der Waals surface area contributed by atoms with Crippen LogP contribution in [0.25, 0.3) is 22.4 Å². The maximum Gasteiger partial charge on any atom is 0.220 e. The Labute approximate surface area is 142 Å². The third-order valence-electron chi connectivity index (χ3n) is 4.25. The quantitative estimate of drug-likeness (QED) is 0.719. The van der Waals surface area contributed by atoms with Gasteiger partial charge < -0.3 is 10.3 Å². The number of carbonyl (C=O) groups excluding carboxylic acids is 1. The van der Waals surface area contributed by atoms with Gasteiger partial charge in [0.05, 0.1) is 11.0 Å². The molecule has 0 fully saturated rings. The van der Waals surface area contributed by atoms with Gasteiger partial charge in [0.1, 0.15) is 5.82 Å². The summed E-state index contributed by atoms with van der Waals surface area (Å²) in [7, 11) is 0. The molecule has 0 saturated carbocycles. The van der Waals surface area contributed by atoms with Gasteiger partial charge in [-0.15, -0.1) is 0 Å². The first-order chi connectivity index (χ1) is 11.7. The number of carbonyl (C=O) groups is 1. The lowest BCUT2D eigenvalue weighted by molar-refractivity contribution is -0.121. The first kappa shape index (κ1) is 16.2. The summed E-state index contributed by atoms with van der Waals surface area (Å²) in [5.74, 6) is 0.983. The van der Waals surface area contributed by atoms with Gasteiger partial charge in [0, 0.05) is 18.0 Å². The standard InChI is InChI=1S/C20H23N3O/c1-3-14(2)21-19(24)12-10-15-9-11-17-18(13-15)23-20(22-17)16-7-5-4-6-8-16/h4-9,11,13-14H,3,10,12H2,1-2H3,(H,21,24)(H,22,23). The molecule has 4 nitrogen and oxygen atoms in total. The van der Waals surface area contributed by atoms with Crippen LogP contribution in [0.15, 0.2) is 48.5 Å². The number of amides is 1. The van der Waals surface area contributed by atoms with Gasteiger partial charge in [0.25, 0.3) is 0 Å². The van der Waals surface area contributed by atoms with E-state index < -0.39 is 0 Å². The number of hydrogen-bond acceptors (Lipinski definition) is 2. The normalized spacial score (nSPS) is 12.2. The molecule has 4 heteroatoms. The van der Waals surface area contributed by atoms with Gasteiger partial charge in [-0.2, -0.15) is 0 Å². The molecule has 1 aromatic heterocycles. The van der Waals surface area contributed by atoms with Crippen LogP contribution in [-0.4, -0.2) is 21.9 Å². The molecule has 0 spiro atoms. The van der Waals surface area contributed by atoms with Crippen LogP contribution in [0.3, 0.4) is 0 Å². The highest BCUT2D eigenvalue weighted by molar-refractivity contribution is 5.80. The summed E-state index contributed by atoms with van der Waals surface area (Å²) in [6, 6.07) is 16.5. The van der Waals surface area contributed by atoms with Crippen LogP contribution in [0.4, 0.5) is 0 Å². The zero-order valence-electron chi connectivity index (χ0n) is 14.2. The molecule has 1 atom stereocenters. The SMILES string of the molecule is CCC(C)NC(=O)CCc1ccc2nc(-c3ccccc3)[nH]c2c1. The van der Waals surface area contributed by atoms with E-state index in [1.54, 1.807) is 0 Å². The summed E-state index contributed by atoms with van der Waals surface area (Å²) >= 11 is 0. The van der Waals surface area contributed by atoms with E-state index in [1.165, 1.54) is 0 Å². The summed E-state index contributed by atoms with van der Waals surface area (Å²) in [6.45, 7) is 4.10. The Morgan fingerprint density at radius 2 is 2.00 bits per heavy atom. The average Bonchev–Trinajstić information content (AvgIpc) is 3.04. The van der Waals surface area contributed by atoms with E-state index in [-0.39, 0.29) is 11.9 Å². The first-order valence-corrected chi connectivity index (χ1v) is 8.49. The van der Waals surface area contributed by atoms with Crippen molar-refractivity contribution in [1.82, 2.24) is 15.3 Å². The lowest BCUT2D eigenvalue weighted by atomic mass is 10.1. The van der Waals surface area contributed by atoms with Crippen molar-refractivity contribution in [2.75, 3.05) is 0 Å². The topological polar surface area (TPSA) is 57.8 Å². The number of imidazole rings is 1. The van der Waals surface area contributed by atoms with Gasteiger partial charge >= 0.3 is 0 Å². The van der Waals surface area contributed by atoms with Crippen molar-refractivity contribution in [2.24, 2.45) is 0 Å². The summed E-state index contributed by atoms with van der Waals surface area (Å²) in [6.07, 6.45) is 2.20. The summed E-state index contributed by atoms with van der Waals surface area (Å²) in [5.41, 5.74) is 4.17. The van der Waals surface area contributed by atoms with Crippen molar-refractivity contribution in [3.8, 4) is 11.4 Å². The van der Waals surface area contributed by atoms with E-state index in [0.717, 1.165) is 40.8 Å². The molecule has 1 amide bonds. The first-order valence-electron chi connectivity index (χ1n) is 8.49. The highest BCUT2D eigenvalue weighted by atomic mass is 16.1. The number of aryl methyl sites for hydroxylation is 1. The molecule has 24 heavy (non-hydrogen) atoms. The number of fused-ring (bicyclic) bond motifs is 1. The fourth-order valence-electron chi connectivity index (χ4n) is 2.65. The summed E-state index contributed by atoms with van der Waals surface area (Å²) in [4.78, 5) is 19.9. The summed E-state index contributed by atoms with van der Waals surface area (Å²) < 4.78 is 0. The molecule has 2 aromatic carbocycles. The predicted molar refractivity (Wildman–Crippen MR) is 97.7 cm³/mol. The number of aromatic amines is 1. The van der Waals surface area contributed by atoms with Crippen LogP contribution < -0.4 is 5.32 Å². The summed E-state index contributed by atoms with van der Waals surface area (Å²) in [5, 5.41) is 3.00. The van der Waals surface area contributed by atoms with Gasteiger partial charge in [-0.1, -0.05) is 43.3 Å². The molecular formula is C20H23N3O. The fraction of sp³-hybridized carbons (Fsp3) is 0.300. The zero-order chi connectivity index (χ0) is 16.9. The zero-order valence-corrected chi connectivity index (χ0v) is 14.2. The molecule has 124 valence electrons. The Bertz CT molecular complexity index is 823. The number of rotatable bonds is 6. The Balaban J connectivity index is 1.71. The maximum absolute atomic E-state index is 11.9. The minimum Gasteiger partial charge on any atom is -0.354 e. The smallest absolute Gasteiger partial charge is 0.220 e. The minimum absolute atomic E-state index is 0.110. The van der Waals surface area contributed by atoms with E-state index in [1.807, 2.05) is 43.3 Å². The Hall–Kier alpha value is -2.62. The number of nitrogens with one attached hydrogen (secondary N) is 2. The molecule has 0 bridgehead atoms. The van der Waals surface area contributed by atoms with Gasteiger partial charge in [-0.25, -0.2) is 4.98 Å². The van der Waals surface area contributed by atoms with Crippen LogP contribution >= 0.6 is 0 Å². The minimum atomic E-state index is 0.110. The van der Waals surface area contributed by atoms with Crippen molar-refractivity contribution >= 4 is 16.9 Å². The second-order valence-electron chi connectivity index (χ2n) is 6.18. The van der Waals surface area contributed by atoms with Crippen molar-refractivity contribution < 1.29 is 4.79 Å². The Kier molecular flexibility index (Phi) is 4.94. The number of hydrogen-bond donors (Lipinski definition) is 2. The molecule has 2 N–H and O–H groups in total. The van der Waals surface area contributed by atoms with Gasteiger partial charge in [-0.05, 0) is 37.5 Å². The monoisotopic (exact) mass is 321 g/mol. The molecule has 0 radical (unpaired) electrons. The lowest BCUT2D eigenvalue weighted by Crippen LogP contribution is -2.31. The Morgan fingerprint density at radius 3 is 2.75 bits per heavy atom. The van der Waals surface area contributed by atoms with Crippen LogP contribution in [0.2, 0.25) is 0 Å². The van der Waals surface area contributed by atoms with E-state index in [2.05, 4.69) is 34.3 Å². The van der Waals surface area contributed by atoms with Gasteiger partial charge in [0.15, 0.2) is 0 Å². The van der Waals surface area contributed by atoms with Crippen molar-refractivity contribution in [1.29, 1.82) is 0 Å². The second-order valence-corrected chi connectivity index (χ2v) is 6.18. The molecule has 0 saturated heterocycles. The molecule has 1 heterocycles. The molecule has 1 unspecified atom stereocenters. The molecule has 3 aromatic rings. The van der Waals surface area contributed by atoms with Crippen LogP contribution in [-0.2, 0) is 11.2 Å². The third-order valence-corrected chi connectivity index (χ3v) is 4.25. The van der Waals surface area contributed by atoms with Gasteiger partial charge in [-0.3, -0.25) is 4.79 Å². The van der Waals surface area contributed by atoms with Crippen LogP contribution in [0, 0.1) is 0 Å². The molecule has 0 aliphatic heterocycles. The number of nitrogens with zero attached hydrogens (tertiary/aromatic N) is 1. The van der Waals surface area contributed by atoms with E-state index in [4.69, 9.17) is 0 Å². The second kappa shape index (κ2) is 7.30. The van der Waals surface area contributed by atoms with E-state index in [0.29, 0.717) is 6.42 Å². The number of aromatic nitrogens is 2.